The second kappa shape index (κ2) is 5.51. The lowest BCUT2D eigenvalue weighted by molar-refractivity contribution is 0.880. The maximum absolute atomic E-state index is 12.8. The predicted molar refractivity (Wildman–Crippen MR) is 86.6 cm³/mol. The van der Waals surface area contributed by atoms with Crippen LogP contribution in [0.4, 0.5) is 0 Å². The van der Waals surface area contributed by atoms with E-state index in [1.807, 2.05) is 31.2 Å². The number of alkyl halides is 1. The van der Waals surface area contributed by atoms with Gasteiger partial charge >= 0.3 is 0 Å². The van der Waals surface area contributed by atoms with Crippen LogP contribution in [0, 0.1) is 6.92 Å². The van der Waals surface area contributed by atoms with Crippen molar-refractivity contribution in [2.75, 3.05) is 0 Å². The van der Waals surface area contributed by atoms with Crippen molar-refractivity contribution >= 4 is 34.1 Å². The number of hydrogen-bond acceptors (Lipinski definition) is 2. The van der Waals surface area contributed by atoms with Gasteiger partial charge in [0.05, 0.1) is 27.5 Å². The molecule has 0 aliphatic rings. The Morgan fingerprint density at radius 1 is 1.19 bits per heavy atom. The SMILES string of the molecule is Cc1ccc(Cl)c(-n2c(CCl)nc3ccccc3c2=O)c1. The fraction of sp³-hybridized carbons (Fsp3) is 0.125. The molecule has 3 aromatic rings. The van der Waals surface area contributed by atoms with Gasteiger partial charge in [-0.3, -0.25) is 9.36 Å². The molecule has 0 unspecified atom stereocenters. The summed E-state index contributed by atoms with van der Waals surface area (Å²) < 4.78 is 1.49. The molecule has 21 heavy (non-hydrogen) atoms. The number of rotatable bonds is 2. The van der Waals surface area contributed by atoms with E-state index in [1.54, 1.807) is 18.2 Å². The van der Waals surface area contributed by atoms with Gasteiger partial charge in [-0.15, -0.1) is 11.6 Å². The first-order chi connectivity index (χ1) is 10.1. The zero-order valence-electron chi connectivity index (χ0n) is 11.3. The van der Waals surface area contributed by atoms with Crippen molar-refractivity contribution in [2.24, 2.45) is 0 Å². The zero-order chi connectivity index (χ0) is 15.0. The van der Waals surface area contributed by atoms with Crippen LogP contribution in [-0.4, -0.2) is 9.55 Å². The summed E-state index contributed by atoms with van der Waals surface area (Å²) in [6, 6.07) is 12.7. The number of benzene rings is 2. The molecule has 0 N–H and O–H groups in total. The van der Waals surface area contributed by atoms with Gasteiger partial charge in [-0.2, -0.15) is 0 Å². The highest BCUT2D eigenvalue weighted by molar-refractivity contribution is 6.32. The fourth-order valence-corrected chi connectivity index (χ4v) is 2.69. The van der Waals surface area contributed by atoms with Crippen LogP contribution in [0.15, 0.2) is 47.3 Å². The Kier molecular flexibility index (Phi) is 3.70. The first-order valence-corrected chi connectivity index (χ1v) is 7.36. The van der Waals surface area contributed by atoms with E-state index in [0.717, 1.165) is 5.56 Å². The van der Waals surface area contributed by atoms with Crippen LogP contribution in [0.1, 0.15) is 11.4 Å². The Hall–Kier alpha value is -1.84. The van der Waals surface area contributed by atoms with E-state index < -0.39 is 0 Å². The highest BCUT2D eigenvalue weighted by Gasteiger charge is 2.14. The number of hydrogen-bond donors (Lipinski definition) is 0. The summed E-state index contributed by atoms with van der Waals surface area (Å²) in [4.78, 5) is 17.3. The third kappa shape index (κ3) is 2.43. The maximum atomic E-state index is 12.8. The third-order valence-electron chi connectivity index (χ3n) is 3.31. The number of fused-ring (bicyclic) bond motifs is 1. The molecule has 0 atom stereocenters. The van der Waals surface area contributed by atoms with Gasteiger partial charge < -0.3 is 0 Å². The van der Waals surface area contributed by atoms with Gasteiger partial charge in [-0.25, -0.2) is 4.98 Å². The minimum atomic E-state index is -0.163. The lowest BCUT2D eigenvalue weighted by atomic mass is 10.2. The van der Waals surface area contributed by atoms with Gasteiger partial charge in [-0.1, -0.05) is 29.8 Å². The molecule has 106 valence electrons. The fourth-order valence-electron chi connectivity index (χ4n) is 2.31. The second-order valence-electron chi connectivity index (χ2n) is 4.77. The topological polar surface area (TPSA) is 34.9 Å². The molecule has 0 bridgehead atoms. The molecule has 2 aromatic carbocycles. The van der Waals surface area contributed by atoms with Gasteiger partial charge in [0.15, 0.2) is 0 Å². The highest BCUT2D eigenvalue weighted by Crippen LogP contribution is 2.23. The van der Waals surface area contributed by atoms with Crippen LogP contribution in [-0.2, 0) is 5.88 Å². The molecular formula is C16H12Cl2N2O. The molecule has 3 nitrogen and oxygen atoms in total. The standard InChI is InChI=1S/C16H12Cl2N2O/c1-10-6-7-12(18)14(8-10)20-15(9-17)19-13-5-3-2-4-11(13)16(20)21/h2-8H,9H2,1H3. The summed E-state index contributed by atoms with van der Waals surface area (Å²) in [5.41, 5.74) is 2.09. The monoisotopic (exact) mass is 318 g/mol. The number of aryl methyl sites for hydroxylation is 1. The molecule has 0 saturated carbocycles. The number of aromatic nitrogens is 2. The van der Waals surface area contributed by atoms with Crippen LogP contribution in [0.2, 0.25) is 5.02 Å². The minimum absolute atomic E-state index is 0.129. The van der Waals surface area contributed by atoms with Crippen molar-refractivity contribution in [3.05, 3.63) is 69.2 Å². The van der Waals surface area contributed by atoms with E-state index in [1.165, 1.54) is 4.57 Å². The molecule has 0 spiro atoms. The molecule has 0 aliphatic carbocycles. The van der Waals surface area contributed by atoms with Crippen molar-refractivity contribution in [3.63, 3.8) is 0 Å². The van der Waals surface area contributed by atoms with Crippen LogP contribution in [0.3, 0.4) is 0 Å². The minimum Gasteiger partial charge on any atom is -0.268 e. The predicted octanol–water partition coefficient (Wildman–Crippen LogP) is 4.09. The summed E-state index contributed by atoms with van der Waals surface area (Å²) in [5.74, 6) is 0.609. The first kappa shape index (κ1) is 14.1. The van der Waals surface area contributed by atoms with Crippen molar-refractivity contribution in [3.8, 4) is 5.69 Å². The van der Waals surface area contributed by atoms with E-state index in [-0.39, 0.29) is 11.4 Å². The lowest BCUT2D eigenvalue weighted by Gasteiger charge is -2.14. The van der Waals surface area contributed by atoms with Crippen LogP contribution < -0.4 is 5.56 Å². The van der Waals surface area contributed by atoms with Crippen LogP contribution in [0.25, 0.3) is 16.6 Å². The summed E-state index contributed by atoms with van der Waals surface area (Å²) in [5, 5.41) is 1.04. The molecule has 0 aliphatic heterocycles. The molecule has 1 aromatic heterocycles. The smallest absolute Gasteiger partial charge is 0.266 e. The van der Waals surface area contributed by atoms with Crippen LogP contribution >= 0.6 is 23.2 Å². The lowest BCUT2D eigenvalue weighted by Crippen LogP contribution is -2.23. The summed E-state index contributed by atoms with van der Waals surface area (Å²) in [6.07, 6.45) is 0. The summed E-state index contributed by atoms with van der Waals surface area (Å²) >= 11 is 12.2. The Labute approximate surface area is 131 Å². The van der Waals surface area contributed by atoms with Crippen molar-refractivity contribution in [1.29, 1.82) is 0 Å². The third-order valence-corrected chi connectivity index (χ3v) is 3.87. The van der Waals surface area contributed by atoms with Gasteiger partial charge in [0.1, 0.15) is 5.82 Å². The average Bonchev–Trinajstić information content (AvgIpc) is 2.50. The highest BCUT2D eigenvalue weighted by atomic mass is 35.5. The van der Waals surface area contributed by atoms with Crippen molar-refractivity contribution in [2.45, 2.75) is 12.8 Å². The summed E-state index contributed by atoms with van der Waals surface area (Å²) in [6.45, 7) is 1.94. The molecule has 0 saturated heterocycles. The molecule has 5 heteroatoms. The van der Waals surface area contributed by atoms with Crippen molar-refractivity contribution < 1.29 is 0 Å². The Morgan fingerprint density at radius 3 is 2.71 bits per heavy atom. The van der Waals surface area contributed by atoms with E-state index >= 15 is 0 Å². The van der Waals surface area contributed by atoms with Crippen molar-refractivity contribution in [1.82, 2.24) is 9.55 Å². The van der Waals surface area contributed by atoms with E-state index in [0.29, 0.717) is 27.4 Å². The molecular weight excluding hydrogens is 307 g/mol. The quantitative estimate of drug-likeness (QED) is 0.667. The molecule has 0 radical (unpaired) electrons. The number of halogens is 2. The van der Waals surface area contributed by atoms with E-state index in [9.17, 15) is 4.79 Å². The van der Waals surface area contributed by atoms with E-state index in [4.69, 9.17) is 23.2 Å². The van der Waals surface area contributed by atoms with Gasteiger partial charge in [0, 0.05) is 0 Å². The normalized spacial score (nSPS) is 11.0. The molecule has 3 rings (SSSR count). The average molecular weight is 319 g/mol. The summed E-state index contributed by atoms with van der Waals surface area (Å²) in [7, 11) is 0. The Balaban J connectivity index is 2.44. The van der Waals surface area contributed by atoms with Gasteiger partial charge in [-0.05, 0) is 36.8 Å². The van der Waals surface area contributed by atoms with Gasteiger partial charge in [0.2, 0.25) is 0 Å². The van der Waals surface area contributed by atoms with Crippen LogP contribution in [0.5, 0.6) is 0 Å². The molecule has 0 amide bonds. The molecule has 0 fully saturated rings. The molecule has 1 heterocycles. The number of nitrogens with zero attached hydrogens (tertiary/aromatic N) is 2. The van der Waals surface area contributed by atoms with E-state index in [2.05, 4.69) is 4.98 Å². The Morgan fingerprint density at radius 2 is 1.95 bits per heavy atom. The number of para-hydroxylation sites is 1. The second-order valence-corrected chi connectivity index (χ2v) is 5.45. The largest absolute Gasteiger partial charge is 0.268 e. The maximum Gasteiger partial charge on any atom is 0.266 e. The van der Waals surface area contributed by atoms with Gasteiger partial charge in [0.25, 0.3) is 5.56 Å². The zero-order valence-corrected chi connectivity index (χ0v) is 12.8. The Bertz CT molecular complexity index is 887. The first-order valence-electron chi connectivity index (χ1n) is 6.45.